The van der Waals surface area contributed by atoms with E-state index in [0.717, 1.165) is 6.54 Å². The fourth-order valence-electron chi connectivity index (χ4n) is 7.59. The van der Waals surface area contributed by atoms with E-state index in [4.69, 9.17) is 0 Å². The van der Waals surface area contributed by atoms with Gasteiger partial charge in [0.05, 0.1) is 5.92 Å². The Morgan fingerprint density at radius 2 is 0.838 bits per heavy atom. The van der Waals surface area contributed by atoms with Crippen LogP contribution in [-0.2, 0) is 6.54 Å². The topological polar surface area (TPSA) is 3.24 Å². The maximum absolute atomic E-state index is 2.73. The molecule has 0 N–H and O–H groups in total. The quantitative estimate of drug-likeness (QED) is 0.345. The highest BCUT2D eigenvalue weighted by Crippen LogP contribution is 2.60. The lowest BCUT2D eigenvalue weighted by atomic mass is 9.80. The number of hydrogen-bond acceptors (Lipinski definition) is 1. The number of hydrogen-bond donors (Lipinski definition) is 0. The summed E-state index contributed by atoms with van der Waals surface area (Å²) in [5, 5.41) is 0. The fourth-order valence-corrected chi connectivity index (χ4v) is 7.59. The van der Waals surface area contributed by atoms with E-state index in [1.807, 2.05) is 0 Å². The molecule has 0 fully saturated rings. The van der Waals surface area contributed by atoms with Gasteiger partial charge in [-0.3, -0.25) is 0 Å². The van der Waals surface area contributed by atoms with E-state index < -0.39 is 0 Å². The summed E-state index contributed by atoms with van der Waals surface area (Å²) in [6, 6.07) is 0. The maximum atomic E-state index is 2.73. The second-order valence-electron chi connectivity index (χ2n) is 12.2. The highest BCUT2D eigenvalue weighted by Gasteiger charge is 2.46. The summed E-state index contributed by atoms with van der Waals surface area (Å²) in [7, 11) is 0. The predicted molar refractivity (Wildman–Crippen MR) is 162 cm³/mol. The third kappa shape index (κ3) is 3.16. The Hall–Kier alpha value is -2.80. The third-order valence-electron chi connectivity index (χ3n) is 11.1. The smallest absolute Gasteiger partial charge is 0.0528 e. The van der Waals surface area contributed by atoms with Gasteiger partial charge < -0.3 is 4.90 Å². The second-order valence-corrected chi connectivity index (χ2v) is 12.2. The van der Waals surface area contributed by atoms with E-state index in [-0.39, 0.29) is 0 Å². The number of fused-ring (bicyclic) bond motifs is 5. The van der Waals surface area contributed by atoms with Crippen molar-refractivity contribution >= 4 is 11.3 Å². The molecule has 1 heterocycles. The van der Waals surface area contributed by atoms with Gasteiger partial charge in [-0.15, -0.1) is 0 Å². The third-order valence-corrected chi connectivity index (χ3v) is 11.1. The summed E-state index contributed by atoms with van der Waals surface area (Å²) in [6.45, 7) is 33.6. The zero-order valence-corrected chi connectivity index (χ0v) is 25.7. The van der Waals surface area contributed by atoms with Crippen molar-refractivity contribution < 1.29 is 0 Å². The molecule has 1 atom stereocenters. The Kier molecular flexibility index (Phi) is 5.83. The lowest BCUT2D eigenvalue weighted by Gasteiger charge is -2.29. The molecule has 1 nitrogen and oxygen atoms in total. The van der Waals surface area contributed by atoms with Gasteiger partial charge in [-0.1, -0.05) is 0 Å². The zero-order chi connectivity index (χ0) is 27.4. The van der Waals surface area contributed by atoms with Crippen molar-refractivity contribution in [1.82, 2.24) is 0 Å². The van der Waals surface area contributed by atoms with Crippen molar-refractivity contribution in [3.63, 3.8) is 0 Å². The predicted octanol–water partition coefficient (Wildman–Crippen LogP) is 9.59. The molecule has 3 aromatic rings. The summed E-state index contributed by atoms with van der Waals surface area (Å²) in [5.41, 5.74) is 29.5. The minimum Gasteiger partial charge on any atom is -0.339 e. The summed E-state index contributed by atoms with van der Waals surface area (Å²) in [5.74, 6) is 0.328. The van der Waals surface area contributed by atoms with Crippen molar-refractivity contribution in [2.24, 2.45) is 0 Å². The van der Waals surface area contributed by atoms with Crippen molar-refractivity contribution in [2.75, 3.05) is 4.90 Å². The number of nitrogens with zero attached hydrogens (tertiary/aromatic N) is 1. The van der Waals surface area contributed by atoms with Crippen LogP contribution in [0.4, 0.5) is 5.69 Å². The average Bonchev–Trinajstić information content (AvgIpc) is 3.36. The van der Waals surface area contributed by atoms with Crippen LogP contribution in [0.5, 0.6) is 0 Å². The first-order valence-electron chi connectivity index (χ1n) is 14.0. The zero-order valence-electron chi connectivity index (χ0n) is 25.7. The molecular weight excluding hydrogens is 446 g/mol. The van der Waals surface area contributed by atoms with Gasteiger partial charge in [0.15, 0.2) is 0 Å². The fraction of sp³-hybridized carbons (Fsp3) is 0.444. The molecule has 194 valence electrons. The van der Waals surface area contributed by atoms with Crippen LogP contribution in [-0.4, -0.2) is 0 Å². The molecule has 3 aromatic carbocycles. The first-order valence-corrected chi connectivity index (χ1v) is 14.0. The normalized spacial score (nSPS) is 16.1. The first-order chi connectivity index (χ1) is 17.2. The van der Waals surface area contributed by atoms with E-state index >= 15 is 0 Å². The number of benzene rings is 3. The van der Waals surface area contributed by atoms with Gasteiger partial charge >= 0.3 is 0 Å². The minimum atomic E-state index is 0.328. The highest BCUT2D eigenvalue weighted by atomic mass is 15.2. The van der Waals surface area contributed by atoms with E-state index in [9.17, 15) is 0 Å². The van der Waals surface area contributed by atoms with Crippen molar-refractivity contribution in [3.8, 4) is 0 Å². The Morgan fingerprint density at radius 3 is 1.38 bits per heavy atom. The van der Waals surface area contributed by atoms with Crippen LogP contribution in [0.3, 0.4) is 0 Å². The van der Waals surface area contributed by atoms with Crippen molar-refractivity contribution in [2.45, 2.75) is 109 Å². The summed E-state index contributed by atoms with van der Waals surface area (Å²) < 4.78 is 0. The highest BCUT2D eigenvalue weighted by molar-refractivity contribution is 5.92. The van der Waals surface area contributed by atoms with Crippen molar-refractivity contribution in [3.05, 3.63) is 100 Å². The van der Waals surface area contributed by atoms with Crippen LogP contribution in [0, 0.1) is 90.0 Å². The molecule has 1 unspecified atom stereocenters. The van der Waals surface area contributed by atoms with E-state index in [0.29, 0.717) is 5.92 Å². The van der Waals surface area contributed by atoms with Gasteiger partial charge in [-0.25, -0.2) is 0 Å². The van der Waals surface area contributed by atoms with Crippen LogP contribution < -0.4 is 4.90 Å². The average molecular weight is 492 g/mol. The molecule has 1 aliphatic carbocycles. The van der Waals surface area contributed by atoms with Crippen molar-refractivity contribution in [1.29, 1.82) is 0 Å². The van der Waals surface area contributed by atoms with Crippen LogP contribution >= 0.6 is 0 Å². The molecule has 0 aromatic heterocycles. The molecule has 0 saturated heterocycles. The SMILES string of the molecule is CC1=C2C(c3c(C)c(C)c(C)c(C)c31)c1c(C)c(C)c(C)c(C)c1N2Cc1c(C)c(C)c(C)c(C)c1C. The molecule has 0 radical (unpaired) electrons. The van der Waals surface area contributed by atoms with Crippen LogP contribution in [0.1, 0.15) is 107 Å². The summed E-state index contributed by atoms with van der Waals surface area (Å²) in [6.07, 6.45) is 0. The van der Waals surface area contributed by atoms with Gasteiger partial charge in [-0.05, 0) is 197 Å². The molecule has 0 bridgehead atoms. The van der Waals surface area contributed by atoms with Crippen LogP contribution in [0.2, 0.25) is 0 Å². The summed E-state index contributed by atoms with van der Waals surface area (Å²) in [4.78, 5) is 2.73. The monoisotopic (exact) mass is 491 g/mol. The van der Waals surface area contributed by atoms with Crippen LogP contribution in [0.25, 0.3) is 5.57 Å². The van der Waals surface area contributed by atoms with Gasteiger partial charge in [0, 0.05) is 17.9 Å². The van der Waals surface area contributed by atoms with E-state index in [1.165, 1.54) is 100 Å². The maximum Gasteiger partial charge on any atom is 0.0528 e. The molecule has 37 heavy (non-hydrogen) atoms. The number of anilines is 1. The molecule has 0 amide bonds. The molecule has 5 rings (SSSR count). The minimum absolute atomic E-state index is 0.328. The van der Waals surface area contributed by atoms with Gasteiger partial charge in [0.2, 0.25) is 0 Å². The Bertz CT molecular complexity index is 1550. The van der Waals surface area contributed by atoms with E-state index in [1.54, 1.807) is 11.1 Å². The summed E-state index contributed by atoms with van der Waals surface area (Å²) >= 11 is 0. The standard InChI is InChI=1S/C36H45N/c1-16-17(2)23(8)30(24(9)18(16)3)15-37-35-28(13)22(7)21(6)27(12)33(35)34-32-26(11)20(5)19(4)25(10)31(32)29(14)36(34)37/h34H,15H2,1-14H3. The van der Waals surface area contributed by atoms with E-state index in [2.05, 4.69) is 102 Å². The first kappa shape index (κ1) is 25.8. The molecular formula is C36H45N. The largest absolute Gasteiger partial charge is 0.339 e. The molecule has 1 heteroatoms. The van der Waals surface area contributed by atoms with Gasteiger partial charge in [-0.2, -0.15) is 0 Å². The molecule has 0 spiro atoms. The number of rotatable bonds is 2. The van der Waals surface area contributed by atoms with Crippen LogP contribution in [0.15, 0.2) is 5.70 Å². The van der Waals surface area contributed by atoms with Gasteiger partial charge in [0.25, 0.3) is 0 Å². The Labute approximate surface area is 225 Å². The molecule has 1 aliphatic heterocycles. The molecule has 2 aliphatic rings. The number of allylic oxidation sites excluding steroid dienone is 2. The second kappa shape index (κ2) is 8.35. The lowest BCUT2D eigenvalue weighted by molar-refractivity contribution is 0.870. The Balaban J connectivity index is 1.88. The lowest BCUT2D eigenvalue weighted by Crippen LogP contribution is -2.22. The van der Waals surface area contributed by atoms with Gasteiger partial charge in [0.1, 0.15) is 0 Å². The molecule has 0 saturated carbocycles. The Morgan fingerprint density at radius 1 is 0.432 bits per heavy atom.